The van der Waals surface area contributed by atoms with Crippen LogP contribution in [0.3, 0.4) is 0 Å². The van der Waals surface area contributed by atoms with Crippen molar-refractivity contribution >= 4 is 63.8 Å². The lowest BCUT2D eigenvalue weighted by atomic mass is 9.81. The van der Waals surface area contributed by atoms with Gasteiger partial charge in [0.15, 0.2) is 0 Å². The molecule has 0 unspecified atom stereocenters. The molecular weight excluding hydrogens is 549 g/mol. The van der Waals surface area contributed by atoms with Crippen molar-refractivity contribution < 1.29 is 0 Å². The summed E-state index contributed by atoms with van der Waals surface area (Å²) in [6.07, 6.45) is 0. The van der Waals surface area contributed by atoms with Crippen molar-refractivity contribution in [2.75, 3.05) is 0 Å². The fourth-order valence-corrected chi connectivity index (χ4v) is 9.26. The first-order valence-electron chi connectivity index (χ1n) is 15.4. The zero-order valence-corrected chi connectivity index (χ0v) is 25.4. The zero-order valence-electron chi connectivity index (χ0n) is 24.6. The summed E-state index contributed by atoms with van der Waals surface area (Å²) in [7, 11) is 0. The molecule has 44 heavy (non-hydrogen) atoms. The number of benzene rings is 8. The van der Waals surface area contributed by atoms with Gasteiger partial charge < -0.3 is 0 Å². The number of hydrogen-bond donors (Lipinski definition) is 0. The lowest BCUT2D eigenvalue weighted by molar-refractivity contribution is 0.661. The molecule has 1 aliphatic carbocycles. The van der Waals surface area contributed by atoms with E-state index in [1.165, 1.54) is 97.0 Å². The largest absolute Gasteiger partial charge is 0.135 e. The maximum absolute atomic E-state index is 2.48. The molecule has 0 fully saturated rings. The SMILES string of the molecule is CC1(C)c2ccc(-c3ccc4ccc5c(-c6ccccc6)ccc6ccc3c4c65)cc2-c2c1ccc1sc3ccccc3c21. The van der Waals surface area contributed by atoms with Gasteiger partial charge in [0.25, 0.3) is 0 Å². The highest BCUT2D eigenvalue weighted by Crippen LogP contribution is 2.55. The normalized spacial score (nSPS) is 13.9. The van der Waals surface area contributed by atoms with Gasteiger partial charge in [0, 0.05) is 25.6 Å². The first-order chi connectivity index (χ1) is 21.6. The van der Waals surface area contributed by atoms with Crippen molar-refractivity contribution in [2.24, 2.45) is 0 Å². The molecule has 0 atom stereocenters. The summed E-state index contributed by atoms with van der Waals surface area (Å²) < 4.78 is 2.73. The fraction of sp³-hybridized carbons (Fsp3) is 0.0698. The summed E-state index contributed by atoms with van der Waals surface area (Å²) in [6, 6.07) is 50.2. The van der Waals surface area contributed by atoms with Crippen LogP contribution in [0.15, 0.2) is 133 Å². The van der Waals surface area contributed by atoms with Crippen LogP contribution >= 0.6 is 11.3 Å². The van der Waals surface area contributed by atoms with Crippen LogP contribution < -0.4 is 0 Å². The molecule has 0 amide bonds. The lowest BCUT2D eigenvalue weighted by Crippen LogP contribution is -2.14. The van der Waals surface area contributed by atoms with Crippen LogP contribution in [0.5, 0.6) is 0 Å². The van der Waals surface area contributed by atoms with Crippen LogP contribution in [0.25, 0.3) is 85.9 Å². The molecular formula is C43H28S. The topological polar surface area (TPSA) is 0 Å². The third kappa shape index (κ3) is 3.12. The second-order valence-corrected chi connectivity index (χ2v) is 13.9. The Kier molecular flexibility index (Phi) is 4.76. The van der Waals surface area contributed by atoms with E-state index in [-0.39, 0.29) is 5.41 Å². The van der Waals surface area contributed by atoms with E-state index in [1.807, 2.05) is 11.3 Å². The minimum atomic E-state index is -0.0447. The molecule has 206 valence electrons. The highest BCUT2D eigenvalue weighted by molar-refractivity contribution is 7.26. The van der Waals surface area contributed by atoms with Gasteiger partial charge in [0.1, 0.15) is 0 Å². The highest BCUT2D eigenvalue weighted by Gasteiger charge is 2.37. The van der Waals surface area contributed by atoms with E-state index >= 15 is 0 Å². The van der Waals surface area contributed by atoms with Crippen LogP contribution in [0, 0.1) is 0 Å². The minimum absolute atomic E-state index is 0.0447. The Labute approximate surface area is 260 Å². The van der Waals surface area contributed by atoms with Gasteiger partial charge in [0.05, 0.1) is 0 Å². The Morgan fingerprint density at radius 2 is 1.07 bits per heavy atom. The Morgan fingerprint density at radius 3 is 1.82 bits per heavy atom. The van der Waals surface area contributed by atoms with E-state index in [2.05, 4.69) is 147 Å². The second-order valence-electron chi connectivity index (χ2n) is 12.9. The molecule has 0 spiro atoms. The first kappa shape index (κ1) is 24.5. The van der Waals surface area contributed by atoms with E-state index in [9.17, 15) is 0 Å². The molecule has 8 aromatic carbocycles. The predicted octanol–water partition coefficient (Wildman–Crippen LogP) is 12.6. The lowest BCUT2D eigenvalue weighted by Gasteiger charge is -2.21. The molecule has 0 nitrogen and oxygen atoms in total. The molecule has 1 aromatic heterocycles. The fourth-order valence-electron chi connectivity index (χ4n) is 8.15. The molecule has 1 aliphatic rings. The Morgan fingerprint density at radius 1 is 0.432 bits per heavy atom. The smallest absolute Gasteiger partial charge is 0.0361 e. The Bertz CT molecular complexity index is 2620. The molecule has 0 radical (unpaired) electrons. The first-order valence-corrected chi connectivity index (χ1v) is 16.3. The molecule has 0 aliphatic heterocycles. The second kappa shape index (κ2) is 8.56. The minimum Gasteiger partial charge on any atom is -0.135 e. The number of hydrogen-bond acceptors (Lipinski definition) is 1. The van der Waals surface area contributed by atoms with Gasteiger partial charge in [-0.15, -0.1) is 11.3 Å². The van der Waals surface area contributed by atoms with Crippen molar-refractivity contribution in [3.8, 4) is 33.4 Å². The number of fused-ring (bicyclic) bond motifs is 7. The van der Waals surface area contributed by atoms with Crippen LogP contribution in [0.4, 0.5) is 0 Å². The summed E-state index contributed by atoms with van der Waals surface area (Å²) >= 11 is 1.91. The van der Waals surface area contributed by atoms with Crippen molar-refractivity contribution in [2.45, 2.75) is 19.3 Å². The van der Waals surface area contributed by atoms with Crippen LogP contribution in [-0.4, -0.2) is 0 Å². The molecule has 9 aromatic rings. The summed E-state index contributed by atoms with van der Waals surface area (Å²) in [5.41, 5.74) is 10.8. The number of thiophene rings is 1. The van der Waals surface area contributed by atoms with Crippen molar-refractivity contribution in [1.82, 2.24) is 0 Å². The average molecular weight is 577 g/mol. The Hall–Kier alpha value is -4.98. The van der Waals surface area contributed by atoms with E-state index in [0.29, 0.717) is 0 Å². The molecule has 0 bridgehead atoms. The van der Waals surface area contributed by atoms with Crippen LogP contribution in [0.2, 0.25) is 0 Å². The highest BCUT2D eigenvalue weighted by atomic mass is 32.1. The average Bonchev–Trinajstić information content (AvgIpc) is 3.55. The van der Waals surface area contributed by atoms with Crippen LogP contribution in [0.1, 0.15) is 25.0 Å². The summed E-state index contributed by atoms with van der Waals surface area (Å²) in [6.45, 7) is 4.77. The number of rotatable bonds is 2. The van der Waals surface area contributed by atoms with E-state index in [1.54, 1.807) is 0 Å². The van der Waals surface area contributed by atoms with Gasteiger partial charge in [-0.05, 0) is 95.0 Å². The summed E-state index contributed by atoms with van der Waals surface area (Å²) in [5, 5.41) is 10.7. The van der Waals surface area contributed by atoms with Gasteiger partial charge in [0.2, 0.25) is 0 Å². The van der Waals surface area contributed by atoms with Crippen molar-refractivity contribution in [1.29, 1.82) is 0 Å². The maximum Gasteiger partial charge on any atom is 0.0361 e. The summed E-state index contributed by atoms with van der Waals surface area (Å²) in [5.74, 6) is 0. The molecule has 1 heterocycles. The molecule has 0 N–H and O–H groups in total. The molecule has 1 heteroatoms. The third-order valence-electron chi connectivity index (χ3n) is 10.2. The van der Waals surface area contributed by atoms with Gasteiger partial charge >= 0.3 is 0 Å². The van der Waals surface area contributed by atoms with Gasteiger partial charge in [-0.3, -0.25) is 0 Å². The van der Waals surface area contributed by atoms with Gasteiger partial charge in [-0.25, -0.2) is 0 Å². The molecule has 0 saturated heterocycles. The predicted molar refractivity (Wildman–Crippen MR) is 191 cm³/mol. The molecule has 0 saturated carbocycles. The van der Waals surface area contributed by atoms with Crippen LogP contribution in [-0.2, 0) is 5.41 Å². The van der Waals surface area contributed by atoms with Gasteiger partial charge in [-0.2, -0.15) is 0 Å². The third-order valence-corrected chi connectivity index (χ3v) is 11.4. The van der Waals surface area contributed by atoms with Crippen molar-refractivity contribution in [3.63, 3.8) is 0 Å². The zero-order chi connectivity index (χ0) is 29.2. The monoisotopic (exact) mass is 576 g/mol. The van der Waals surface area contributed by atoms with Gasteiger partial charge in [-0.1, -0.05) is 129 Å². The molecule has 10 rings (SSSR count). The van der Waals surface area contributed by atoms with E-state index in [0.717, 1.165) is 0 Å². The van der Waals surface area contributed by atoms with Crippen molar-refractivity contribution in [3.05, 3.63) is 145 Å². The maximum atomic E-state index is 2.48. The summed E-state index contributed by atoms with van der Waals surface area (Å²) in [4.78, 5) is 0. The van der Waals surface area contributed by atoms with E-state index < -0.39 is 0 Å². The standard InChI is InChI=1S/C43H28S/c1-43(2)35-21-16-28(24-34(35)41-36(43)22-23-38-42(41)33-10-6-7-11-37(33)44-38)30-18-13-27-14-19-31-29(25-8-4-3-5-9-25)17-12-26-15-20-32(30)40(27)39(26)31/h3-24H,1-2H3. The van der Waals surface area contributed by atoms with E-state index in [4.69, 9.17) is 0 Å². The quantitative estimate of drug-likeness (QED) is 0.180. The Balaban J connectivity index is 1.25.